The maximum Gasteiger partial charge on any atom is 0.410 e. The molecule has 0 heterocycles. The van der Waals surface area contributed by atoms with Crippen molar-refractivity contribution in [2.75, 3.05) is 12.3 Å². The number of rotatable bonds is 4. The highest BCUT2D eigenvalue weighted by atomic mass is 16.6. The van der Waals surface area contributed by atoms with Gasteiger partial charge in [0.2, 0.25) is 0 Å². The summed E-state index contributed by atoms with van der Waals surface area (Å²) in [6.07, 6.45) is 1.46. The molecule has 0 spiro atoms. The summed E-state index contributed by atoms with van der Waals surface area (Å²) in [5, 5.41) is 0. The molecular weight excluding hydrogens is 288 g/mol. The predicted octanol–water partition coefficient (Wildman–Crippen LogP) is 3.39. The highest BCUT2D eigenvalue weighted by Crippen LogP contribution is 2.27. The second-order valence-corrected chi connectivity index (χ2v) is 5.92. The van der Waals surface area contributed by atoms with Crippen LogP contribution in [0.4, 0.5) is 10.5 Å². The number of hydrogen-bond acceptors (Lipinski definition) is 3. The number of benzene rings is 2. The predicted molar refractivity (Wildman–Crippen MR) is 91.1 cm³/mol. The van der Waals surface area contributed by atoms with Crippen molar-refractivity contribution in [3.8, 4) is 0 Å². The van der Waals surface area contributed by atoms with Crippen LogP contribution < -0.4 is 5.73 Å². The standard InChI is InChI=1S/C19H22N2O2/c1-2-21(19(22)23-13-14-6-4-3-5-7-14)18-11-15-8-9-17(20)10-16(15)12-18/h3-10,18H,2,11-13,20H2,1H3/t18-/m0/s1. The van der Waals surface area contributed by atoms with Crippen LogP contribution in [-0.2, 0) is 24.2 Å². The fraction of sp³-hybridized carbons (Fsp3) is 0.316. The summed E-state index contributed by atoms with van der Waals surface area (Å²) in [6, 6.07) is 15.9. The molecule has 1 aliphatic rings. The van der Waals surface area contributed by atoms with Crippen LogP contribution in [0.1, 0.15) is 23.6 Å². The van der Waals surface area contributed by atoms with Gasteiger partial charge in [0.25, 0.3) is 0 Å². The van der Waals surface area contributed by atoms with Gasteiger partial charge in [-0.3, -0.25) is 0 Å². The largest absolute Gasteiger partial charge is 0.445 e. The van der Waals surface area contributed by atoms with Gasteiger partial charge in [0, 0.05) is 18.3 Å². The van der Waals surface area contributed by atoms with E-state index in [1.165, 1.54) is 11.1 Å². The number of ether oxygens (including phenoxy) is 1. The summed E-state index contributed by atoms with van der Waals surface area (Å²) in [5.74, 6) is 0. The van der Waals surface area contributed by atoms with Gasteiger partial charge < -0.3 is 15.4 Å². The van der Waals surface area contributed by atoms with Crippen LogP contribution in [0.25, 0.3) is 0 Å². The Morgan fingerprint density at radius 2 is 1.91 bits per heavy atom. The van der Waals surface area contributed by atoms with Crippen molar-refractivity contribution in [3.63, 3.8) is 0 Å². The quantitative estimate of drug-likeness (QED) is 0.881. The van der Waals surface area contributed by atoms with E-state index < -0.39 is 0 Å². The third-order valence-corrected chi connectivity index (χ3v) is 4.36. The molecule has 1 atom stereocenters. The fourth-order valence-electron chi connectivity index (χ4n) is 3.17. The summed E-state index contributed by atoms with van der Waals surface area (Å²) >= 11 is 0. The van der Waals surface area contributed by atoms with E-state index in [1.54, 1.807) is 0 Å². The molecule has 4 heteroatoms. The Morgan fingerprint density at radius 3 is 2.65 bits per heavy atom. The summed E-state index contributed by atoms with van der Waals surface area (Å²) < 4.78 is 5.48. The lowest BCUT2D eigenvalue weighted by Crippen LogP contribution is -2.41. The zero-order valence-electron chi connectivity index (χ0n) is 13.4. The molecule has 0 saturated carbocycles. The van der Waals surface area contributed by atoms with Crippen LogP contribution in [0, 0.1) is 0 Å². The zero-order valence-corrected chi connectivity index (χ0v) is 13.4. The summed E-state index contributed by atoms with van der Waals surface area (Å²) in [5.41, 5.74) is 10.1. The minimum Gasteiger partial charge on any atom is -0.445 e. The van der Waals surface area contributed by atoms with Crippen molar-refractivity contribution < 1.29 is 9.53 Å². The monoisotopic (exact) mass is 310 g/mol. The van der Waals surface area contributed by atoms with Crippen molar-refractivity contribution in [2.45, 2.75) is 32.4 Å². The lowest BCUT2D eigenvalue weighted by Gasteiger charge is -2.26. The van der Waals surface area contributed by atoms with Crippen molar-refractivity contribution in [1.82, 2.24) is 4.90 Å². The first-order valence-electron chi connectivity index (χ1n) is 8.02. The molecule has 2 aromatic carbocycles. The van der Waals surface area contributed by atoms with Crippen LogP contribution in [0.2, 0.25) is 0 Å². The number of nitrogens with two attached hydrogens (primary N) is 1. The molecule has 2 aromatic rings. The van der Waals surface area contributed by atoms with Gasteiger partial charge in [-0.05, 0) is 48.6 Å². The van der Waals surface area contributed by atoms with Crippen molar-refractivity contribution in [3.05, 3.63) is 65.2 Å². The lowest BCUT2D eigenvalue weighted by atomic mass is 10.1. The molecule has 23 heavy (non-hydrogen) atoms. The Morgan fingerprint density at radius 1 is 1.17 bits per heavy atom. The first-order valence-corrected chi connectivity index (χ1v) is 8.02. The van der Waals surface area contributed by atoms with E-state index in [9.17, 15) is 4.79 Å². The molecule has 0 bridgehead atoms. The average molecular weight is 310 g/mol. The highest BCUT2D eigenvalue weighted by molar-refractivity contribution is 5.68. The Hall–Kier alpha value is -2.49. The van der Waals surface area contributed by atoms with E-state index in [2.05, 4.69) is 6.07 Å². The van der Waals surface area contributed by atoms with Crippen LogP contribution in [0.15, 0.2) is 48.5 Å². The minimum atomic E-state index is -0.248. The second-order valence-electron chi connectivity index (χ2n) is 5.92. The zero-order chi connectivity index (χ0) is 16.2. The van der Waals surface area contributed by atoms with Crippen molar-refractivity contribution >= 4 is 11.8 Å². The van der Waals surface area contributed by atoms with E-state index in [0.29, 0.717) is 13.2 Å². The van der Waals surface area contributed by atoms with Crippen LogP contribution in [0.3, 0.4) is 0 Å². The Kier molecular flexibility index (Phi) is 4.51. The number of carbonyl (C=O) groups is 1. The molecular formula is C19H22N2O2. The Labute approximate surface area is 136 Å². The SMILES string of the molecule is CCN(C(=O)OCc1ccccc1)[C@H]1Cc2ccc(N)cc2C1. The number of nitrogen functional groups attached to an aromatic ring is 1. The lowest BCUT2D eigenvalue weighted by molar-refractivity contribution is 0.0840. The summed E-state index contributed by atoms with van der Waals surface area (Å²) in [6.45, 7) is 2.94. The maximum atomic E-state index is 12.4. The fourth-order valence-corrected chi connectivity index (χ4v) is 3.17. The third kappa shape index (κ3) is 3.47. The molecule has 1 aliphatic carbocycles. The molecule has 120 valence electrons. The second kappa shape index (κ2) is 6.73. The number of hydrogen-bond donors (Lipinski definition) is 1. The van der Waals surface area contributed by atoms with Gasteiger partial charge in [-0.25, -0.2) is 4.79 Å². The molecule has 0 saturated heterocycles. The number of amides is 1. The first-order chi connectivity index (χ1) is 11.2. The summed E-state index contributed by atoms with van der Waals surface area (Å²) in [7, 11) is 0. The van der Waals surface area contributed by atoms with Gasteiger partial charge in [0.1, 0.15) is 6.61 Å². The number of carbonyl (C=O) groups excluding carboxylic acids is 1. The molecule has 0 radical (unpaired) electrons. The van der Waals surface area contributed by atoms with Crippen LogP contribution >= 0.6 is 0 Å². The van der Waals surface area contributed by atoms with Gasteiger partial charge in [-0.2, -0.15) is 0 Å². The van der Waals surface area contributed by atoms with Gasteiger partial charge in [-0.1, -0.05) is 36.4 Å². The van der Waals surface area contributed by atoms with Crippen molar-refractivity contribution in [2.24, 2.45) is 0 Å². The molecule has 4 nitrogen and oxygen atoms in total. The van der Waals surface area contributed by atoms with Gasteiger partial charge >= 0.3 is 6.09 Å². The molecule has 0 unspecified atom stereocenters. The van der Waals surface area contributed by atoms with E-state index in [4.69, 9.17) is 10.5 Å². The van der Waals surface area contributed by atoms with Crippen molar-refractivity contribution in [1.29, 1.82) is 0 Å². The number of anilines is 1. The highest BCUT2D eigenvalue weighted by Gasteiger charge is 2.30. The smallest absolute Gasteiger partial charge is 0.410 e. The van der Waals surface area contributed by atoms with Crippen LogP contribution in [0.5, 0.6) is 0 Å². The number of fused-ring (bicyclic) bond motifs is 1. The molecule has 3 rings (SSSR count). The first kappa shape index (κ1) is 15.4. The van der Waals surface area contributed by atoms with E-state index in [0.717, 1.165) is 24.1 Å². The summed E-state index contributed by atoms with van der Waals surface area (Å²) in [4.78, 5) is 14.3. The Bertz CT molecular complexity index is 685. The normalized spacial score (nSPS) is 16.0. The molecule has 0 aromatic heterocycles. The van der Waals surface area contributed by atoms with E-state index in [1.807, 2.05) is 54.3 Å². The molecule has 0 aliphatic heterocycles. The average Bonchev–Trinajstić information content (AvgIpc) is 2.97. The molecule has 0 fully saturated rings. The topological polar surface area (TPSA) is 55.6 Å². The van der Waals surface area contributed by atoms with Gasteiger partial charge in [0.15, 0.2) is 0 Å². The number of nitrogens with zero attached hydrogens (tertiary/aromatic N) is 1. The maximum absolute atomic E-state index is 12.4. The van der Waals surface area contributed by atoms with E-state index >= 15 is 0 Å². The van der Waals surface area contributed by atoms with Gasteiger partial charge in [0.05, 0.1) is 0 Å². The third-order valence-electron chi connectivity index (χ3n) is 4.36. The Balaban J connectivity index is 1.63. The molecule has 1 amide bonds. The number of likely N-dealkylation sites (N-methyl/N-ethyl adjacent to an activating group) is 1. The van der Waals surface area contributed by atoms with Gasteiger partial charge in [-0.15, -0.1) is 0 Å². The van der Waals surface area contributed by atoms with Crippen LogP contribution in [-0.4, -0.2) is 23.6 Å². The molecule has 2 N–H and O–H groups in total. The van der Waals surface area contributed by atoms with E-state index in [-0.39, 0.29) is 12.1 Å². The minimum absolute atomic E-state index is 0.153.